The number of amides is 1. The normalized spacial score (nSPS) is 33.9. The van der Waals surface area contributed by atoms with Crippen molar-refractivity contribution in [2.75, 3.05) is 26.2 Å². The highest BCUT2D eigenvalue weighted by Gasteiger charge is 2.37. The van der Waals surface area contributed by atoms with Crippen LogP contribution in [0.1, 0.15) is 33.1 Å². The summed E-state index contributed by atoms with van der Waals surface area (Å²) in [6.45, 7) is 8.37. The molecule has 0 aromatic carbocycles. The third-order valence-corrected chi connectivity index (χ3v) is 4.13. The molecule has 16 heavy (non-hydrogen) atoms. The fraction of sp³-hybridized carbons (Fsp3) is 0.917. The monoisotopic (exact) mass is 246 g/mol. The molecule has 0 aliphatic carbocycles. The van der Waals surface area contributed by atoms with Crippen molar-refractivity contribution in [1.82, 2.24) is 10.2 Å². The van der Waals surface area contributed by atoms with Gasteiger partial charge in [-0.3, -0.25) is 4.79 Å². The average molecular weight is 247 g/mol. The highest BCUT2D eigenvalue weighted by atomic mass is 35.5. The van der Waals surface area contributed by atoms with Crippen LogP contribution >= 0.6 is 12.4 Å². The average Bonchev–Trinajstić information content (AvgIpc) is 2.86. The Morgan fingerprint density at radius 2 is 2.31 bits per heavy atom. The van der Waals surface area contributed by atoms with Gasteiger partial charge in [0.2, 0.25) is 5.91 Å². The molecule has 3 nitrogen and oxygen atoms in total. The Labute approximate surface area is 104 Å². The summed E-state index contributed by atoms with van der Waals surface area (Å²) < 4.78 is 0. The van der Waals surface area contributed by atoms with Gasteiger partial charge in [0, 0.05) is 19.6 Å². The third-order valence-electron chi connectivity index (χ3n) is 4.13. The topological polar surface area (TPSA) is 32.3 Å². The first-order chi connectivity index (χ1) is 7.14. The van der Waals surface area contributed by atoms with E-state index in [2.05, 4.69) is 24.1 Å². The minimum atomic E-state index is 0. The van der Waals surface area contributed by atoms with E-state index in [-0.39, 0.29) is 18.3 Å². The Bertz CT molecular complexity index is 253. The molecule has 0 saturated carbocycles. The quantitative estimate of drug-likeness (QED) is 0.804. The lowest BCUT2D eigenvalue weighted by molar-refractivity contribution is -0.134. The Balaban J connectivity index is 0.00000128. The predicted molar refractivity (Wildman–Crippen MR) is 67.8 cm³/mol. The van der Waals surface area contributed by atoms with Crippen molar-refractivity contribution < 1.29 is 4.79 Å². The van der Waals surface area contributed by atoms with Gasteiger partial charge in [0.15, 0.2) is 0 Å². The van der Waals surface area contributed by atoms with Crippen molar-refractivity contribution in [3.63, 3.8) is 0 Å². The number of hydrogen-bond donors (Lipinski definition) is 1. The lowest BCUT2D eigenvalue weighted by Gasteiger charge is -2.24. The van der Waals surface area contributed by atoms with Gasteiger partial charge in [-0.2, -0.15) is 0 Å². The molecule has 0 bridgehead atoms. The van der Waals surface area contributed by atoms with Gasteiger partial charge in [-0.1, -0.05) is 13.8 Å². The van der Waals surface area contributed by atoms with Crippen molar-refractivity contribution in [3.8, 4) is 0 Å². The zero-order valence-electron chi connectivity index (χ0n) is 10.3. The number of halogens is 1. The maximum absolute atomic E-state index is 12.1. The van der Waals surface area contributed by atoms with Crippen LogP contribution in [0.5, 0.6) is 0 Å². The van der Waals surface area contributed by atoms with E-state index in [1.807, 2.05) is 0 Å². The van der Waals surface area contributed by atoms with Crippen molar-refractivity contribution in [1.29, 1.82) is 0 Å². The molecule has 2 atom stereocenters. The minimum absolute atomic E-state index is 0. The summed E-state index contributed by atoms with van der Waals surface area (Å²) in [7, 11) is 0. The lowest BCUT2D eigenvalue weighted by Crippen LogP contribution is -2.36. The van der Waals surface area contributed by atoms with Gasteiger partial charge in [0.05, 0.1) is 5.92 Å². The number of nitrogens with one attached hydrogen (secondary N) is 1. The van der Waals surface area contributed by atoms with E-state index in [1.165, 1.54) is 12.8 Å². The Morgan fingerprint density at radius 3 is 2.81 bits per heavy atom. The van der Waals surface area contributed by atoms with Crippen molar-refractivity contribution in [2.24, 2.45) is 11.3 Å². The molecule has 4 heteroatoms. The highest BCUT2D eigenvalue weighted by Crippen LogP contribution is 2.33. The van der Waals surface area contributed by atoms with E-state index in [9.17, 15) is 4.79 Å². The molecule has 1 N–H and O–H groups in total. The van der Waals surface area contributed by atoms with Gasteiger partial charge in [-0.25, -0.2) is 0 Å². The van der Waals surface area contributed by atoms with Crippen LogP contribution in [-0.4, -0.2) is 37.0 Å². The Morgan fingerprint density at radius 1 is 1.56 bits per heavy atom. The molecule has 0 radical (unpaired) electrons. The highest BCUT2D eigenvalue weighted by molar-refractivity contribution is 5.85. The van der Waals surface area contributed by atoms with E-state index in [0.717, 1.165) is 32.6 Å². The Hall–Kier alpha value is -0.280. The SMILES string of the molecule is CCC1(C)CCN(C(=O)[C@H]2CCNC2)C1.Cl. The summed E-state index contributed by atoms with van der Waals surface area (Å²) in [5.41, 5.74) is 0.377. The number of carbonyl (C=O) groups is 1. The molecule has 1 unspecified atom stereocenters. The smallest absolute Gasteiger partial charge is 0.227 e. The van der Waals surface area contributed by atoms with Gasteiger partial charge in [-0.05, 0) is 31.2 Å². The molecule has 2 heterocycles. The molecule has 0 aromatic rings. The van der Waals surface area contributed by atoms with Crippen molar-refractivity contribution in [3.05, 3.63) is 0 Å². The second-order valence-corrected chi connectivity index (χ2v) is 5.36. The van der Waals surface area contributed by atoms with Crippen LogP contribution in [0.2, 0.25) is 0 Å². The molecule has 2 aliphatic heterocycles. The van der Waals surface area contributed by atoms with Crippen LogP contribution in [0.25, 0.3) is 0 Å². The molecule has 2 aliphatic rings. The van der Waals surface area contributed by atoms with Gasteiger partial charge >= 0.3 is 0 Å². The molecular weight excluding hydrogens is 224 g/mol. The third kappa shape index (κ3) is 2.69. The van der Waals surface area contributed by atoms with Crippen LogP contribution in [0, 0.1) is 11.3 Å². The number of carbonyl (C=O) groups excluding carboxylic acids is 1. The molecular formula is C12H23ClN2O. The fourth-order valence-corrected chi connectivity index (χ4v) is 2.62. The summed E-state index contributed by atoms with van der Waals surface area (Å²) in [5.74, 6) is 0.640. The molecule has 0 aromatic heterocycles. The number of nitrogens with zero attached hydrogens (tertiary/aromatic N) is 1. The van der Waals surface area contributed by atoms with Crippen LogP contribution in [0.4, 0.5) is 0 Å². The zero-order valence-corrected chi connectivity index (χ0v) is 11.1. The first-order valence-electron chi connectivity index (χ1n) is 6.14. The first-order valence-corrected chi connectivity index (χ1v) is 6.14. The molecule has 94 valence electrons. The predicted octanol–water partition coefficient (Wildman–Crippen LogP) is 1.67. The second-order valence-electron chi connectivity index (χ2n) is 5.36. The summed E-state index contributed by atoms with van der Waals surface area (Å²) >= 11 is 0. The van der Waals surface area contributed by atoms with Crippen LogP contribution in [-0.2, 0) is 4.79 Å². The molecule has 1 amide bonds. The van der Waals surface area contributed by atoms with E-state index < -0.39 is 0 Å². The van der Waals surface area contributed by atoms with Crippen LogP contribution in [0.15, 0.2) is 0 Å². The number of rotatable bonds is 2. The number of likely N-dealkylation sites (tertiary alicyclic amines) is 1. The van der Waals surface area contributed by atoms with Crippen molar-refractivity contribution in [2.45, 2.75) is 33.1 Å². The van der Waals surface area contributed by atoms with E-state index >= 15 is 0 Å². The van der Waals surface area contributed by atoms with E-state index in [4.69, 9.17) is 0 Å². The summed E-state index contributed by atoms with van der Waals surface area (Å²) in [5, 5.41) is 3.26. The maximum Gasteiger partial charge on any atom is 0.227 e. The zero-order chi connectivity index (χ0) is 10.9. The summed E-state index contributed by atoms with van der Waals surface area (Å²) in [4.78, 5) is 14.2. The van der Waals surface area contributed by atoms with Gasteiger partial charge in [0.1, 0.15) is 0 Å². The van der Waals surface area contributed by atoms with Gasteiger partial charge in [-0.15, -0.1) is 12.4 Å². The number of hydrogen-bond acceptors (Lipinski definition) is 2. The Kier molecular flexibility index (Phi) is 4.62. The molecule has 2 fully saturated rings. The maximum atomic E-state index is 12.1. The van der Waals surface area contributed by atoms with Gasteiger partial charge < -0.3 is 10.2 Å². The van der Waals surface area contributed by atoms with Crippen molar-refractivity contribution >= 4 is 18.3 Å². The molecule has 2 rings (SSSR count). The lowest BCUT2D eigenvalue weighted by atomic mass is 9.87. The summed E-state index contributed by atoms with van der Waals surface area (Å²) in [6, 6.07) is 0. The fourth-order valence-electron chi connectivity index (χ4n) is 2.62. The second kappa shape index (κ2) is 5.37. The first kappa shape index (κ1) is 13.8. The van der Waals surface area contributed by atoms with Gasteiger partial charge in [0.25, 0.3) is 0 Å². The van der Waals surface area contributed by atoms with Crippen LogP contribution in [0.3, 0.4) is 0 Å². The summed E-state index contributed by atoms with van der Waals surface area (Å²) in [6.07, 6.45) is 3.38. The van der Waals surface area contributed by atoms with E-state index in [1.54, 1.807) is 0 Å². The molecule has 2 saturated heterocycles. The minimum Gasteiger partial charge on any atom is -0.342 e. The molecule has 0 spiro atoms. The van der Waals surface area contributed by atoms with Crippen LogP contribution < -0.4 is 5.32 Å². The van der Waals surface area contributed by atoms with E-state index in [0.29, 0.717) is 11.3 Å². The standard InChI is InChI=1S/C12H22N2O.ClH/c1-3-12(2)5-7-14(9-12)11(15)10-4-6-13-8-10;/h10,13H,3-9H2,1-2H3;1H/t10-,12?;/m0./s1. The largest absolute Gasteiger partial charge is 0.342 e.